The predicted octanol–water partition coefficient (Wildman–Crippen LogP) is 0.356. The Morgan fingerprint density at radius 2 is 1.88 bits per heavy atom. The largest absolute Gasteiger partial charge is 0.351 e. The molecule has 0 saturated heterocycles. The lowest BCUT2D eigenvalue weighted by Crippen LogP contribution is -2.34. The second-order valence-electron chi connectivity index (χ2n) is 3.44. The molecule has 0 aromatic heterocycles. The zero-order chi connectivity index (χ0) is 12.7. The highest BCUT2D eigenvalue weighted by atomic mass is 32.2. The van der Waals surface area contributed by atoms with Crippen molar-refractivity contribution in [1.82, 2.24) is 10.0 Å². The van der Waals surface area contributed by atoms with E-state index in [9.17, 15) is 13.2 Å². The number of benzene rings is 1. The number of hydrogen-bond donors (Lipinski definition) is 2. The molecule has 0 aliphatic rings. The van der Waals surface area contributed by atoms with E-state index in [4.69, 9.17) is 0 Å². The topological polar surface area (TPSA) is 75.3 Å². The van der Waals surface area contributed by atoms with E-state index in [1.54, 1.807) is 31.2 Å². The van der Waals surface area contributed by atoms with Gasteiger partial charge in [0.05, 0.1) is 5.75 Å². The first-order valence-electron chi connectivity index (χ1n) is 5.36. The van der Waals surface area contributed by atoms with E-state index in [0.717, 1.165) is 0 Å². The summed E-state index contributed by atoms with van der Waals surface area (Å²) < 4.78 is 24.9. The lowest BCUT2D eigenvalue weighted by atomic mass is 10.2. The van der Waals surface area contributed by atoms with Crippen molar-refractivity contribution in [3.63, 3.8) is 0 Å². The third-order valence-corrected chi connectivity index (χ3v) is 3.53. The van der Waals surface area contributed by atoms with Crippen molar-refractivity contribution in [3.05, 3.63) is 35.9 Å². The van der Waals surface area contributed by atoms with Gasteiger partial charge in [0, 0.05) is 18.7 Å². The van der Waals surface area contributed by atoms with Gasteiger partial charge in [-0.15, -0.1) is 0 Å². The van der Waals surface area contributed by atoms with E-state index >= 15 is 0 Å². The molecule has 0 radical (unpaired) electrons. The molecule has 0 heterocycles. The molecule has 94 valence electrons. The van der Waals surface area contributed by atoms with Gasteiger partial charge in [-0.05, 0) is 12.1 Å². The normalized spacial score (nSPS) is 11.1. The number of amides is 1. The third kappa shape index (κ3) is 4.97. The molecule has 17 heavy (non-hydrogen) atoms. The van der Waals surface area contributed by atoms with Crippen molar-refractivity contribution in [2.75, 3.05) is 18.8 Å². The average Bonchev–Trinajstić information content (AvgIpc) is 2.29. The molecule has 0 unspecified atom stereocenters. The monoisotopic (exact) mass is 256 g/mol. The predicted molar refractivity (Wildman–Crippen MR) is 66.2 cm³/mol. The van der Waals surface area contributed by atoms with Gasteiger partial charge in [0.15, 0.2) is 0 Å². The third-order valence-electron chi connectivity index (χ3n) is 2.06. The number of rotatable bonds is 6. The quantitative estimate of drug-likeness (QED) is 0.771. The zero-order valence-electron chi connectivity index (χ0n) is 9.64. The van der Waals surface area contributed by atoms with Crippen LogP contribution in [0.3, 0.4) is 0 Å². The molecule has 0 spiro atoms. The minimum absolute atomic E-state index is 0.100. The minimum atomic E-state index is -3.27. The smallest absolute Gasteiger partial charge is 0.251 e. The van der Waals surface area contributed by atoms with Gasteiger partial charge in [-0.3, -0.25) is 4.79 Å². The molecule has 1 rings (SSSR count). The summed E-state index contributed by atoms with van der Waals surface area (Å²) in [7, 11) is -3.27. The van der Waals surface area contributed by atoms with Gasteiger partial charge in [-0.25, -0.2) is 13.1 Å². The lowest BCUT2D eigenvalue weighted by Gasteiger charge is -2.06. The molecule has 1 amide bonds. The lowest BCUT2D eigenvalue weighted by molar-refractivity contribution is 0.0956. The first kappa shape index (κ1) is 13.7. The van der Waals surface area contributed by atoms with E-state index in [1.165, 1.54) is 0 Å². The Morgan fingerprint density at radius 1 is 1.24 bits per heavy atom. The summed E-state index contributed by atoms with van der Waals surface area (Å²) in [5, 5.41) is 2.56. The minimum Gasteiger partial charge on any atom is -0.351 e. The van der Waals surface area contributed by atoms with Crippen LogP contribution in [0.15, 0.2) is 30.3 Å². The van der Waals surface area contributed by atoms with Crippen LogP contribution < -0.4 is 10.0 Å². The summed E-state index contributed by atoms with van der Waals surface area (Å²) >= 11 is 0. The summed E-state index contributed by atoms with van der Waals surface area (Å²) in [6.07, 6.45) is 0. The zero-order valence-corrected chi connectivity index (χ0v) is 10.5. The second kappa shape index (κ2) is 6.36. The van der Waals surface area contributed by atoms with Gasteiger partial charge in [-0.2, -0.15) is 0 Å². The second-order valence-corrected chi connectivity index (χ2v) is 5.37. The van der Waals surface area contributed by atoms with Crippen LogP contribution in [0, 0.1) is 0 Å². The van der Waals surface area contributed by atoms with E-state index < -0.39 is 10.0 Å². The van der Waals surface area contributed by atoms with Crippen molar-refractivity contribution in [2.24, 2.45) is 0 Å². The summed E-state index contributed by atoms with van der Waals surface area (Å²) in [5.74, 6) is -0.378. The van der Waals surface area contributed by atoms with Gasteiger partial charge in [0.25, 0.3) is 5.91 Å². The highest BCUT2D eigenvalue weighted by Gasteiger charge is 2.09. The van der Waals surface area contributed by atoms with Gasteiger partial charge < -0.3 is 5.32 Å². The summed E-state index contributed by atoms with van der Waals surface area (Å²) in [5.41, 5.74) is 0.522. The molecule has 2 N–H and O–H groups in total. The molecule has 0 aliphatic carbocycles. The fraction of sp³-hybridized carbons (Fsp3) is 0.364. The first-order valence-corrected chi connectivity index (χ1v) is 7.01. The molecule has 0 atom stereocenters. The Kier molecular flexibility index (Phi) is 5.11. The summed E-state index contributed by atoms with van der Waals surface area (Å²) in [6, 6.07) is 8.67. The number of sulfonamides is 1. The standard InChI is InChI=1S/C11H16N2O3S/c1-2-13-17(15,16)9-8-12-11(14)10-6-4-3-5-7-10/h3-7,13H,2,8-9H2,1H3,(H,12,14). The van der Waals surface area contributed by atoms with Crippen molar-refractivity contribution in [1.29, 1.82) is 0 Å². The van der Waals surface area contributed by atoms with Crippen molar-refractivity contribution in [3.8, 4) is 0 Å². The maximum atomic E-state index is 11.6. The molecule has 0 aliphatic heterocycles. The fourth-order valence-corrected chi connectivity index (χ4v) is 2.24. The molecular weight excluding hydrogens is 240 g/mol. The number of nitrogens with one attached hydrogen (secondary N) is 2. The van der Waals surface area contributed by atoms with E-state index in [1.807, 2.05) is 6.07 Å². The number of carbonyl (C=O) groups excluding carboxylic acids is 1. The SMILES string of the molecule is CCNS(=O)(=O)CCNC(=O)c1ccccc1. The van der Waals surface area contributed by atoms with Gasteiger partial charge >= 0.3 is 0 Å². The van der Waals surface area contributed by atoms with Gasteiger partial charge in [0.1, 0.15) is 0 Å². The highest BCUT2D eigenvalue weighted by molar-refractivity contribution is 7.89. The fourth-order valence-electron chi connectivity index (χ4n) is 1.28. The van der Waals surface area contributed by atoms with Crippen molar-refractivity contribution >= 4 is 15.9 Å². The molecule has 0 saturated carbocycles. The molecular formula is C11H16N2O3S. The Balaban J connectivity index is 2.40. The molecule has 1 aromatic rings. The molecule has 1 aromatic carbocycles. The van der Waals surface area contributed by atoms with Crippen molar-refractivity contribution in [2.45, 2.75) is 6.92 Å². The molecule has 0 bridgehead atoms. The van der Waals surface area contributed by atoms with Crippen LogP contribution in [0.25, 0.3) is 0 Å². The summed E-state index contributed by atoms with van der Waals surface area (Å²) in [6.45, 7) is 2.16. The van der Waals surface area contributed by atoms with Crippen LogP contribution in [0.5, 0.6) is 0 Å². The molecule has 6 heteroatoms. The average molecular weight is 256 g/mol. The van der Waals surface area contributed by atoms with Crippen LogP contribution in [0.4, 0.5) is 0 Å². The Hall–Kier alpha value is -1.40. The first-order chi connectivity index (χ1) is 8.05. The van der Waals surface area contributed by atoms with Gasteiger partial charge in [-0.1, -0.05) is 25.1 Å². The summed E-state index contributed by atoms with van der Waals surface area (Å²) in [4.78, 5) is 11.6. The van der Waals surface area contributed by atoms with Crippen LogP contribution >= 0.6 is 0 Å². The maximum Gasteiger partial charge on any atom is 0.251 e. The van der Waals surface area contributed by atoms with Crippen LogP contribution in [-0.4, -0.2) is 33.2 Å². The molecule has 0 fully saturated rings. The Labute approximate surface area is 101 Å². The van der Waals surface area contributed by atoms with E-state index in [-0.39, 0.29) is 18.2 Å². The Bertz CT molecular complexity index is 457. The number of carbonyl (C=O) groups is 1. The molecule has 5 nitrogen and oxygen atoms in total. The van der Waals surface area contributed by atoms with Crippen LogP contribution in [0.1, 0.15) is 17.3 Å². The van der Waals surface area contributed by atoms with Crippen LogP contribution in [0.2, 0.25) is 0 Å². The van der Waals surface area contributed by atoms with Crippen molar-refractivity contribution < 1.29 is 13.2 Å². The maximum absolute atomic E-state index is 11.6. The van der Waals surface area contributed by atoms with Gasteiger partial charge in [0.2, 0.25) is 10.0 Å². The van der Waals surface area contributed by atoms with Crippen LogP contribution in [-0.2, 0) is 10.0 Å². The Morgan fingerprint density at radius 3 is 2.47 bits per heavy atom. The number of hydrogen-bond acceptors (Lipinski definition) is 3. The van der Waals surface area contributed by atoms with E-state index in [0.29, 0.717) is 12.1 Å². The van der Waals surface area contributed by atoms with E-state index in [2.05, 4.69) is 10.0 Å². The highest BCUT2D eigenvalue weighted by Crippen LogP contribution is 1.97.